The van der Waals surface area contributed by atoms with Crippen LogP contribution in [0.15, 0.2) is 18.2 Å². The van der Waals surface area contributed by atoms with Crippen LogP contribution in [0.4, 0.5) is 15.8 Å². The number of hydrogen-bond acceptors (Lipinski definition) is 4. The van der Waals surface area contributed by atoms with E-state index in [0.717, 1.165) is 18.6 Å². The Labute approximate surface area is 126 Å². The number of rotatable bonds is 5. The standard InChI is InChI=1S/C14H16FN3O4/c1-2-11(17-7-3-4-13(17)19)14(20)16-9-5-6-12(18(21)22)10(15)8-9/h5-6,8,11H,2-4,7H2,1H3,(H,16,20)/t11-/m0/s1. The van der Waals surface area contributed by atoms with Crippen molar-refractivity contribution in [3.63, 3.8) is 0 Å². The molecule has 22 heavy (non-hydrogen) atoms. The van der Waals surface area contributed by atoms with E-state index < -0.39 is 28.4 Å². The summed E-state index contributed by atoms with van der Waals surface area (Å²) in [7, 11) is 0. The number of anilines is 1. The summed E-state index contributed by atoms with van der Waals surface area (Å²) in [4.78, 5) is 35.2. The first-order chi connectivity index (χ1) is 10.4. The van der Waals surface area contributed by atoms with Gasteiger partial charge >= 0.3 is 5.69 Å². The molecule has 0 aliphatic carbocycles. The summed E-state index contributed by atoms with van der Waals surface area (Å²) < 4.78 is 13.5. The number of halogens is 1. The number of likely N-dealkylation sites (tertiary alicyclic amines) is 1. The number of carbonyl (C=O) groups excluding carboxylic acids is 2. The summed E-state index contributed by atoms with van der Waals surface area (Å²) in [6.07, 6.45) is 1.58. The van der Waals surface area contributed by atoms with E-state index in [1.165, 1.54) is 11.0 Å². The van der Waals surface area contributed by atoms with E-state index in [9.17, 15) is 24.1 Å². The molecule has 2 rings (SSSR count). The third kappa shape index (κ3) is 3.21. The molecule has 1 fully saturated rings. The Morgan fingerprint density at radius 2 is 2.27 bits per heavy atom. The molecule has 1 aliphatic heterocycles. The van der Waals surface area contributed by atoms with Gasteiger partial charge in [0.25, 0.3) is 0 Å². The quantitative estimate of drug-likeness (QED) is 0.665. The minimum Gasteiger partial charge on any atom is -0.331 e. The Balaban J connectivity index is 2.12. The molecule has 1 aromatic carbocycles. The first kappa shape index (κ1) is 15.9. The number of nitrogens with zero attached hydrogens (tertiary/aromatic N) is 2. The van der Waals surface area contributed by atoms with Crippen LogP contribution in [0.2, 0.25) is 0 Å². The number of benzene rings is 1. The van der Waals surface area contributed by atoms with Crippen LogP contribution in [0.5, 0.6) is 0 Å². The van der Waals surface area contributed by atoms with Crippen LogP contribution in [0.1, 0.15) is 26.2 Å². The molecule has 1 heterocycles. The normalized spacial score (nSPS) is 15.7. The molecule has 0 aromatic heterocycles. The second-order valence-corrected chi connectivity index (χ2v) is 5.03. The highest BCUT2D eigenvalue weighted by atomic mass is 19.1. The molecule has 0 bridgehead atoms. The fourth-order valence-corrected chi connectivity index (χ4v) is 2.50. The SMILES string of the molecule is CC[C@@H](C(=O)Nc1ccc([N+](=O)[O-])c(F)c1)N1CCCC1=O. The Bertz CT molecular complexity index is 620. The molecule has 7 nitrogen and oxygen atoms in total. The molecule has 1 aromatic rings. The van der Waals surface area contributed by atoms with Crippen molar-refractivity contribution in [2.45, 2.75) is 32.2 Å². The van der Waals surface area contributed by atoms with Crippen LogP contribution < -0.4 is 5.32 Å². The monoisotopic (exact) mass is 309 g/mol. The van der Waals surface area contributed by atoms with Crippen LogP contribution in [0, 0.1) is 15.9 Å². The second kappa shape index (κ2) is 6.50. The number of nitro groups is 1. The van der Waals surface area contributed by atoms with Gasteiger partial charge in [0, 0.05) is 30.8 Å². The Morgan fingerprint density at radius 1 is 1.55 bits per heavy atom. The summed E-state index contributed by atoms with van der Waals surface area (Å²) in [6.45, 7) is 2.31. The van der Waals surface area contributed by atoms with E-state index in [2.05, 4.69) is 5.32 Å². The van der Waals surface area contributed by atoms with Gasteiger partial charge in [0.2, 0.25) is 17.6 Å². The molecule has 1 saturated heterocycles. The van der Waals surface area contributed by atoms with Gasteiger partial charge in [-0.1, -0.05) is 6.92 Å². The highest BCUT2D eigenvalue weighted by Gasteiger charge is 2.31. The maximum atomic E-state index is 13.5. The van der Waals surface area contributed by atoms with Crippen LogP contribution in [0.3, 0.4) is 0 Å². The van der Waals surface area contributed by atoms with E-state index in [1.54, 1.807) is 6.92 Å². The fraction of sp³-hybridized carbons (Fsp3) is 0.429. The van der Waals surface area contributed by atoms with Crippen molar-refractivity contribution in [2.24, 2.45) is 0 Å². The number of amides is 2. The van der Waals surface area contributed by atoms with Gasteiger partial charge in [0.05, 0.1) is 4.92 Å². The van der Waals surface area contributed by atoms with Crippen molar-refractivity contribution in [2.75, 3.05) is 11.9 Å². The summed E-state index contributed by atoms with van der Waals surface area (Å²) in [5.41, 5.74) is -0.530. The zero-order valence-corrected chi connectivity index (χ0v) is 12.0. The number of nitro benzene ring substituents is 1. The van der Waals surface area contributed by atoms with Crippen LogP contribution in [0.25, 0.3) is 0 Å². The highest BCUT2D eigenvalue weighted by Crippen LogP contribution is 2.22. The van der Waals surface area contributed by atoms with Gasteiger partial charge in [-0.3, -0.25) is 19.7 Å². The van der Waals surface area contributed by atoms with Crippen LogP contribution in [-0.4, -0.2) is 34.2 Å². The summed E-state index contributed by atoms with van der Waals surface area (Å²) >= 11 is 0. The van der Waals surface area contributed by atoms with Crippen molar-refractivity contribution in [1.29, 1.82) is 0 Å². The van der Waals surface area contributed by atoms with Crippen molar-refractivity contribution >= 4 is 23.2 Å². The lowest BCUT2D eigenvalue weighted by molar-refractivity contribution is -0.387. The Hall–Kier alpha value is -2.51. The molecular weight excluding hydrogens is 293 g/mol. The van der Waals surface area contributed by atoms with E-state index in [1.807, 2.05) is 0 Å². The van der Waals surface area contributed by atoms with Crippen LogP contribution in [-0.2, 0) is 9.59 Å². The molecule has 1 atom stereocenters. The molecule has 1 aliphatic rings. The zero-order valence-electron chi connectivity index (χ0n) is 12.0. The van der Waals surface area contributed by atoms with Crippen molar-refractivity contribution < 1.29 is 18.9 Å². The maximum Gasteiger partial charge on any atom is 0.304 e. The van der Waals surface area contributed by atoms with Gasteiger partial charge in [0.1, 0.15) is 6.04 Å². The molecule has 0 unspecified atom stereocenters. The van der Waals surface area contributed by atoms with Gasteiger partial charge in [-0.15, -0.1) is 0 Å². The molecule has 0 radical (unpaired) electrons. The molecule has 2 amide bonds. The molecule has 0 saturated carbocycles. The largest absolute Gasteiger partial charge is 0.331 e. The average molecular weight is 309 g/mol. The van der Waals surface area contributed by atoms with E-state index in [-0.39, 0.29) is 11.6 Å². The van der Waals surface area contributed by atoms with Gasteiger partial charge in [-0.25, -0.2) is 0 Å². The lowest BCUT2D eigenvalue weighted by Crippen LogP contribution is -2.44. The van der Waals surface area contributed by atoms with E-state index in [4.69, 9.17) is 0 Å². The molecule has 8 heteroatoms. The fourth-order valence-electron chi connectivity index (χ4n) is 2.50. The number of carbonyl (C=O) groups is 2. The molecule has 1 N–H and O–H groups in total. The van der Waals surface area contributed by atoms with E-state index in [0.29, 0.717) is 19.4 Å². The minimum absolute atomic E-state index is 0.0723. The van der Waals surface area contributed by atoms with Gasteiger partial charge < -0.3 is 10.2 Å². The third-order valence-corrected chi connectivity index (χ3v) is 3.59. The zero-order chi connectivity index (χ0) is 16.3. The van der Waals surface area contributed by atoms with Crippen LogP contribution >= 0.6 is 0 Å². The van der Waals surface area contributed by atoms with Crippen molar-refractivity contribution in [1.82, 2.24) is 4.90 Å². The predicted octanol–water partition coefficient (Wildman–Crippen LogP) is 2.07. The Morgan fingerprint density at radius 3 is 2.77 bits per heavy atom. The maximum absolute atomic E-state index is 13.5. The number of nitrogens with one attached hydrogen (secondary N) is 1. The molecule has 118 valence electrons. The smallest absolute Gasteiger partial charge is 0.304 e. The Kier molecular flexibility index (Phi) is 4.69. The molecule has 0 spiro atoms. The lowest BCUT2D eigenvalue weighted by Gasteiger charge is -2.25. The summed E-state index contributed by atoms with van der Waals surface area (Å²) in [5.74, 6) is -1.52. The van der Waals surface area contributed by atoms with Crippen molar-refractivity contribution in [3.8, 4) is 0 Å². The first-order valence-electron chi connectivity index (χ1n) is 6.98. The van der Waals surface area contributed by atoms with E-state index >= 15 is 0 Å². The summed E-state index contributed by atoms with van der Waals surface area (Å²) in [6, 6.07) is 2.53. The second-order valence-electron chi connectivity index (χ2n) is 5.03. The lowest BCUT2D eigenvalue weighted by atomic mass is 10.1. The minimum atomic E-state index is -1.02. The molecular formula is C14H16FN3O4. The predicted molar refractivity (Wildman–Crippen MR) is 76.7 cm³/mol. The third-order valence-electron chi connectivity index (χ3n) is 3.59. The van der Waals surface area contributed by atoms with Gasteiger partial charge in [-0.05, 0) is 18.9 Å². The first-order valence-corrected chi connectivity index (χ1v) is 6.98. The number of hydrogen-bond donors (Lipinski definition) is 1. The van der Waals surface area contributed by atoms with Gasteiger partial charge in [-0.2, -0.15) is 4.39 Å². The summed E-state index contributed by atoms with van der Waals surface area (Å²) in [5, 5.41) is 13.1. The average Bonchev–Trinajstić information content (AvgIpc) is 2.85. The van der Waals surface area contributed by atoms with Crippen molar-refractivity contribution in [3.05, 3.63) is 34.1 Å². The highest BCUT2D eigenvalue weighted by molar-refractivity contribution is 5.97. The van der Waals surface area contributed by atoms with Gasteiger partial charge in [0.15, 0.2) is 0 Å². The topological polar surface area (TPSA) is 92.5 Å².